The third kappa shape index (κ3) is 6.56. The van der Waals surface area contributed by atoms with E-state index in [9.17, 15) is 17.6 Å². The maximum Gasteiger partial charge on any atom is 0.304 e. The molecule has 1 aromatic heterocycles. The Bertz CT molecular complexity index is 1410. The number of nitrogens with one attached hydrogen (secondary N) is 1. The molecule has 1 amide bonds. The summed E-state index contributed by atoms with van der Waals surface area (Å²) >= 11 is 0. The summed E-state index contributed by atoms with van der Waals surface area (Å²) in [4.78, 5) is 18.0. The second-order valence-electron chi connectivity index (χ2n) is 10.0. The Morgan fingerprint density at radius 3 is 2.55 bits per heavy atom. The minimum atomic E-state index is -4.06. The Morgan fingerprint density at radius 1 is 1.16 bits per heavy atom. The molecule has 202 valence electrons. The van der Waals surface area contributed by atoms with E-state index in [0.717, 1.165) is 5.56 Å². The molecule has 1 fully saturated rings. The van der Waals surface area contributed by atoms with Crippen LogP contribution in [0.5, 0.6) is 5.75 Å². The number of aryl methyl sites for hydroxylation is 1. The van der Waals surface area contributed by atoms with Crippen LogP contribution in [-0.4, -0.2) is 49.9 Å². The fraction of sp³-hybridized carbons (Fsp3) is 0.357. The third-order valence-corrected chi connectivity index (χ3v) is 7.81. The maximum absolute atomic E-state index is 14.4. The van der Waals surface area contributed by atoms with Crippen molar-refractivity contribution in [2.75, 3.05) is 26.2 Å². The summed E-state index contributed by atoms with van der Waals surface area (Å²) in [5.41, 5.74) is 8.58. The van der Waals surface area contributed by atoms with E-state index in [1.165, 1.54) is 22.5 Å². The first kappa shape index (κ1) is 27.7. The van der Waals surface area contributed by atoms with Crippen LogP contribution in [0.2, 0.25) is 0 Å². The van der Waals surface area contributed by atoms with E-state index in [0.29, 0.717) is 48.7 Å². The van der Waals surface area contributed by atoms with E-state index in [1.54, 1.807) is 12.1 Å². The van der Waals surface area contributed by atoms with Gasteiger partial charge in [0.25, 0.3) is 5.91 Å². The normalized spacial score (nSPS) is 16.1. The number of carbonyl (C=O) groups excluding carboxylic acids is 1. The van der Waals surface area contributed by atoms with Gasteiger partial charge < -0.3 is 10.5 Å². The van der Waals surface area contributed by atoms with Gasteiger partial charge in [-0.25, -0.2) is 14.1 Å². The van der Waals surface area contributed by atoms with Crippen molar-refractivity contribution in [3.05, 3.63) is 71.5 Å². The van der Waals surface area contributed by atoms with Crippen LogP contribution in [0.1, 0.15) is 36.2 Å². The van der Waals surface area contributed by atoms with Crippen LogP contribution in [0.25, 0.3) is 22.5 Å². The summed E-state index contributed by atoms with van der Waals surface area (Å²) in [7, 11) is -4.06. The highest BCUT2D eigenvalue weighted by Crippen LogP contribution is 2.30. The number of hydrogen-bond donors (Lipinski definition) is 2. The molecule has 0 spiro atoms. The minimum absolute atomic E-state index is 0.0615. The van der Waals surface area contributed by atoms with Crippen molar-refractivity contribution in [3.8, 4) is 28.3 Å². The first-order chi connectivity index (χ1) is 18.1. The SMILES string of the molecule is Cc1ccc(-c2nc(-c3cc(F)cc(OCC(C)C)c3)ccc2C(=O)NS(=O)(=O)N2CCC(CN)C2)cc1. The van der Waals surface area contributed by atoms with Gasteiger partial charge in [0.15, 0.2) is 0 Å². The van der Waals surface area contributed by atoms with Crippen molar-refractivity contribution in [2.24, 2.45) is 17.6 Å². The lowest BCUT2D eigenvalue weighted by Crippen LogP contribution is -2.42. The Balaban J connectivity index is 1.70. The molecule has 1 saturated heterocycles. The van der Waals surface area contributed by atoms with Gasteiger partial charge >= 0.3 is 10.2 Å². The highest BCUT2D eigenvalue weighted by atomic mass is 32.2. The van der Waals surface area contributed by atoms with Crippen molar-refractivity contribution >= 4 is 16.1 Å². The smallest absolute Gasteiger partial charge is 0.304 e. The number of nitrogens with zero attached hydrogens (tertiary/aromatic N) is 2. The topological polar surface area (TPSA) is 115 Å². The van der Waals surface area contributed by atoms with Crippen molar-refractivity contribution < 1.29 is 22.3 Å². The highest BCUT2D eigenvalue weighted by molar-refractivity contribution is 7.87. The summed E-state index contributed by atoms with van der Waals surface area (Å²) in [5.74, 6) is -0.567. The van der Waals surface area contributed by atoms with E-state index in [-0.39, 0.29) is 29.6 Å². The summed E-state index contributed by atoms with van der Waals surface area (Å²) in [6.07, 6.45) is 0.646. The second kappa shape index (κ2) is 11.6. The van der Waals surface area contributed by atoms with Crippen LogP contribution in [0.15, 0.2) is 54.6 Å². The van der Waals surface area contributed by atoms with E-state index < -0.39 is 21.9 Å². The Hall–Kier alpha value is -3.34. The lowest BCUT2D eigenvalue weighted by Gasteiger charge is -2.18. The van der Waals surface area contributed by atoms with Gasteiger partial charge in [-0.3, -0.25) is 4.79 Å². The Morgan fingerprint density at radius 2 is 1.89 bits per heavy atom. The molecule has 1 aliphatic heterocycles. The molecule has 1 atom stereocenters. The molecule has 3 aromatic rings. The molecule has 0 aliphatic carbocycles. The van der Waals surface area contributed by atoms with Crippen LogP contribution in [0.4, 0.5) is 4.39 Å². The molecule has 0 saturated carbocycles. The number of nitrogens with two attached hydrogens (primary N) is 1. The molecule has 8 nitrogen and oxygen atoms in total. The van der Waals surface area contributed by atoms with E-state index in [4.69, 9.17) is 10.5 Å². The van der Waals surface area contributed by atoms with Gasteiger partial charge in [-0.15, -0.1) is 0 Å². The van der Waals surface area contributed by atoms with Crippen LogP contribution in [0.3, 0.4) is 0 Å². The maximum atomic E-state index is 14.4. The van der Waals surface area contributed by atoms with Crippen LogP contribution in [-0.2, 0) is 10.2 Å². The molecular formula is C28H33FN4O4S. The Kier molecular flexibility index (Phi) is 8.44. The molecule has 10 heteroatoms. The van der Waals surface area contributed by atoms with Crippen molar-refractivity contribution in [2.45, 2.75) is 27.2 Å². The number of benzene rings is 2. The zero-order valence-electron chi connectivity index (χ0n) is 21.8. The lowest BCUT2D eigenvalue weighted by molar-refractivity contribution is 0.0979. The summed E-state index contributed by atoms with van der Waals surface area (Å²) < 4.78 is 49.4. The van der Waals surface area contributed by atoms with Gasteiger partial charge in [-0.05, 0) is 56.0 Å². The third-order valence-electron chi connectivity index (χ3n) is 6.36. The molecule has 0 bridgehead atoms. The standard InChI is InChI=1S/C28H33FN4O4S/c1-18(2)17-37-24-13-22(12-23(29)14-24)26-9-8-25(27(31-26)21-6-4-19(3)5-7-21)28(34)32-38(35,36)33-11-10-20(15-30)16-33/h4-9,12-14,18,20H,10-11,15-17,30H2,1-3H3,(H,32,34). The van der Waals surface area contributed by atoms with Gasteiger partial charge in [0, 0.05) is 30.3 Å². The van der Waals surface area contributed by atoms with E-state index in [1.807, 2.05) is 45.0 Å². The van der Waals surface area contributed by atoms with Gasteiger partial charge in [0.2, 0.25) is 0 Å². The largest absolute Gasteiger partial charge is 0.493 e. The molecule has 0 radical (unpaired) electrons. The summed E-state index contributed by atoms with van der Waals surface area (Å²) in [6, 6.07) is 14.8. The van der Waals surface area contributed by atoms with Gasteiger partial charge in [0.1, 0.15) is 11.6 Å². The van der Waals surface area contributed by atoms with Crippen molar-refractivity contribution in [3.63, 3.8) is 0 Å². The van der Waals surface area contributed by atoms with Crippen LogP contribution >= 0.6 is 0 Å². The van der Waals surface area contributed by atoms with Crippen molar-refractivity contribution in [1.82, 2.24) is 14.0 Å². The number of rotatable bonds is 9. The second-order valence-corrected chi connectivity index (χ2v) is 11.7. The summed E-state index contributed by atoms with van der Waals surface area (Å²) in [5, 5.41) is 0. The quantitative estimate of drug-likeness (QED) is 0.421. The van der Waals surface area contributed by atoms with Crippen molar-refractivity contribution in [1.29, 1.82) is 0 Å². The molecular weight excluding hydrogens is 507 g/mol. The molecule has 4 rings (SSSR count). The molecule has 1 unspecified atom stereocenters. The van der Waals surface area contributed by atoms with E-state index >= 15 is 0 Å². The van der Waals surface area contributed by atoms with Gasteiger partial charge in [0.05, 0.1) is 23.6 Å². The summed E-state index contributed by atoms with van der Waals surface area (Å²) in [6.45, 7) is 7.31. The Labute approximate surface area is 223 Å². The monoisotopic (exact) mass is 540 g/mol. The predicted molar refractivity (Wildman–Crippen MR) is 145 cm³/mol. The van der Waals surface area contributed by atoms with Crippen LogP contribution < -0.4 is 15.2 Å². The van der Waals surface area contributed by atoms with Gasteiger partial charge in [-0.2, -0.15) is 12.7 Å². The number of pyridine rings is 1. The zero-order valence-corrected chi connectivity index (χ0v) is 22.6. The average Bonchev–Trinajstić information content (AvgIpc) is 3.38. The molecule has 38 heavy (non-hydrogen) atoms. The predicted octanol–water partition coefficient (Wildman–Crippen LogP) is 4.15. The lowest BCUT2D eigenvalue weighted by atomic mass is 10.0. The number of halogens is 1. The highest BCUT2D eigenvalue weighted by Gasteiger charge is 2.32. The molecule has 2 aromatic carbocycles. The minimum Gasteiger partial charge on any atom is -0.493 e. The van der Waals surface area contributed by atoms with Gasteiger partial charge in [-0.1, -0.05) is 43.7 Å². The number of aromatic nitrogens is 1. The molecule has 3 N–H and O–H groups in total. The number of hydrogen-bond acceptors (Lipinski definition) is 6. The first-order valence-corrected chi connectivity index (χ1v) is 14.0. The molecule has 1 aliphatic rings. The fourth-order valence-electron chi connectivity index (χ4n) is 4.24. The first-order valence-electron chi connectivity index (χ1n) is 12.6. The number of ether oxygens (including phenoxy) is 1. The van der Waals surface area contributed by atoms with E-state index in [2.05, 4.69) is 9.71 Å². The zero-order chi connectivity index (χ0) is 27.4. The average molecular weight is 541 g/mol. The fourth-order valence-corrected chi connectivity index (χ4v) is 5.46. The van der Waals surface area contributed by atoms with Crippen LogP contribution in [0, 0.1) is 24.6 Å². The number of amides is 1. The molecule has 2 heterocycles. The number of carbonyl (C=O) groups is 1.